The molecular weight excluding hydrogens is 272 g/mol. The second-order valence-electron chi connectivity index (χ2n) is 4.48. The third-order valence-electron chi connectivity index (χ3n) is 3.22. The summed E-state index contributed by atoms with van der Waals surface area (Å²) in [5, 5.41) is 0. The molecule has 4 heteroatoms. The number of Topliss-reactive ketones (excluding diaryl/α,β-unsaturated/α-hetero) is 2. The minimum Gasteiger partial charge on any atom is -0.497 e. The Balaban J connectivity index is 2.15. The molecular formula is C16H12O3S. The lowest BCUT2D eigenvalue weighted by Crippen LogP contribution is -2.13. The van der Waals surface area contributed by atoms with E-state index >= 15 is 0 Å². The Bertz CT molecular complexity index is 707. The summed E-state index contributed by atoms with van der Waals surface area (Å²) in [5.74, 6) is 0.330. The van der Waals surface area contributed by atoms with Crippen LogP contribution in [0.4, 0.5) is 0 Å². The van der Waals surface area contributed by atoms with Gasteiger partial charge in [-0.3, -0.25) is 9.59 Å². The number of rotatable bonds is 1. The Hall–Kier alpha value is -2.07. The molecule has 0 unspecified atom stereocenters. The minimum atomic E-state index is -0.161. The topological polar surface area (TPSA) is 43.4 Å². The number of methoxy groups -OCH3 is 1. The van der Waals surface area contributed by atoms with Crippen molar-refractivity contribution >= 4 is 23.3 Å². The molecule has 0 radical (unpaired) electrons. The smallest absolute Gasteiger partial charge is 0.171 e. The largest absolute Gasteiger partial charge is 0.497 e. The first-order valence-electron chi connectivity index (χ1n) is 6.20. The summed E-state index contributed by atoms with van der Waals surface area (Å²) in [6.45, 7) is 0. The van der Waals surface area contributed by atoms with E-state index in [1.54, 1.807) is 19.2 Å². The van der Waals surface area contributed by atoms with E-state index in [-0.39, 0.29) is 18.0 Å². The summed E-state index contributed by atoms with van der Waals surface area (Å²) in [6.07, 6.45) is -0.0995. The highest BCUT2D eigenvalue weighted by molar-refractivity contribution is 7.99. The lowest BCUT2D eigenvalue weighted by Gasteiger charge is -2.15. The van der Waals surface area contributed by atoms with Gasteiger partial charge in [0.1, 0.15) is 5.75 Å². The predicted octanol–water partition coefficient (Wildman–Crippen LogP) is 3.62. The van der Waals surface area contributed by atoms with Crippen molar-refractivity contribution in [2.45, 2.75) is 16.2 Å². The number of benzene rings is 2. The maximum absolute atomic E-state index is 12.3. The van der Waals surface area contributed by atoms with E-state index in [1.165, 1.54) is 11.8 Å². The van der Waals surface area contributed by atoms with E-state index in [1.807, 2.05) is 30.3 Å². The summed E-state index contributed by atoms with van der Waals surface area (Å²) < 4.78 is 5.15. The molecule has 0 saturated heterocycles. The molecule has 1 aliphatic heterocycles. The van der Waals surface area contributed by atoms with Gasteiger partial charge in [0.2, 0.25) is 0 Å². The molecule has 1 heterocycles. The molecule has 0 aromatic heterocycles. The Kier molecular flexibility index (Phi) is 3.32. The Morgan fingerprint density at radius 1 is 0.950 bits per heavy atom. The molecule has 0 N–H and O–H groups in total. The third-order valence-corrected chi connectivity index (χ3v) is 4.37. The number of carbonyl (C=O) groups excluding carboxylic acids is 2. The predicted molar refractivity (Wildman–Crippen MR) is 76.8 cm³/mol. The molecule has 0 fully saturated rings. The molecule has 0 amide bonds. The minimum absolute atomic E-state index is 0.0995. The van der Waals surface area contributed by atoms with Gasteiger partial charge in [-0.05, 0) is 24.3 Å². The molecule has 0 bridgehead atoms. The van der Waals surface area contributed by atoms with Crippen molar-refractivity contribution in [2.24, 2.45) is 0 Å². The van der Waals surface area contributed by atoms with Crippen LogP contribution in [-0.4, -0.2) is 18.7 Å². The van der Waals surface area contributed by atoms with Gasteiger partial charge in [0, 0.05) is 20.9 Å². The first kappa shape index (κ1) is 12.9. The standard InChI is InChI=1S/C16H12O3S/c1-19-10-6-7-16-12(8-10)14(18)9-13(17)11-4-2-3-5-15(11)20-16/h2-8H,9H2,1H3. The molecule has 0 spiro atoms. The fourth-order valence-electron chi connectivity index (χ4n) is 2.18. The van der Waals surface area contributed by atoms with E-state index in [0.29, 0.717) is 16.9 Å². The average molecular weight is 284 g/mol. The summed E-state index contributed by atoms with van der Waals surface area (Å²) in [6, 6.07) is 12.8. The third kappa shape index (κ3) is 2.23. The molecule has 3 rings (SSSR count). The van der Waals surface area contributed by atoms with Crippen molar-refractivity contribution in [3.05, 3.63) is 53.6 Å². The Morgan fingerprint density at radius 3 is 2.45 bits per heavy atom. The van der Waals surface area contributed by atoms with Crippen molar-refractivity contribution in [1.29, 1.82) is 0 Å². The van der Waals surface area contributed by atoms with Crippen LogP contribution in [0.2, 0.25) is 0 Å². The number of hydrogen-bond acceptors (Lipinski definition) is 4. The van der Waals surface area contributed by atoms with E-state index in [0.717, 1.165) is 9.79 Å². The summed E-state index contributed by atoms with van der Waals surface area (Å²) in [5.41, 5.74) is 1.17. The van der Waals surface area contributed by atoms with Crippen molar-refractivity contribution in [1.82, 2.24) is 0 Å². The van der Waals surface area contributed by atoms with E-state index in [2.05, 4.69) is 0 Å². The SMILES string of the molecule is COc1ccc2c(c1)C(=O)CC(=O)c1ccccc1S2. The quantitative estimate of drug-likeness (QED) is 0.750. The van der Waals surface area contributed by atoms with Crippen molar-refractivity contribution < 1.29 is 14.3 Å². The lowest BCUT2D eigenvalue weighted by molar-refractivity contribution is 0.0890. The fourth-order valence-corrected chi connectivity index (χ4v) is 3.28. The molecule has 3 nitrogen and oxygen atoms in total. The second kappa shape index (κ2) is 5.13. The van der Waals surface area contributed by atoms with Crippen molar-refractivity contribution in [3.63, 3.8) is 0 Å². The van der Waals surface area contributed by atoms with E-state index in [4.69, 9.17) is 4.74 Å². The molecule has 1 aliphatic rings. The summed E-state index contributed by atoms with van der Waals surface area (Å²) >= 11 is 1.45. The van der Waals surface area contributed by atoms with Gasteiger partial charge in [0.25, 0.3) is 0 Å². The van der Waals surface area contributed by atoms with Crippen LogP contribution >= 0.6 is 11.8 Å². The summed E-state index contributed by atoms with van der Waals surface area (Å²) in [4.78, 5) is 26.2. The number of carbonyl (C=O) groups is 2. The van der Waals surface area contributed by atoms with Crippen molar-refractivity contribution in [3.8, 4) is 5.75 Å². The van der Waals surface area contributed by atoms with E-state index < -0.39 is 0 Å². The first-order valence-corrected chi connectivity index (χ1v) is 7.02. The highest BCUT2D eigenvalue weighted by Crippen LogP contribution is 2.37. The highest BCUT2D eigenvalue weighted by atomic mass is 32.2. The van der Waals surface area contributed by atoms with Crippen molar-refractivity contribution in [2.75, 3.05) is 7.11 Å². The maximum atomic E-state index is 12.3. The second-order valence-corrected chi connectivity index (χ2v) is 5.57. The molecule has 20 heavy (non-hydrogen) atoms. The normalized spacial score (nSPS) is 14.1. The zero-order valence-electron chi connectivity index (χ0n) is 10.9. The van der Waals surface area contributed by atoms with Crippen LogP contribution in [0.15, 0.2) is 52.3 Å². The van der Waals surface area contributed by atoms with Crippen LogP contribution in [-0.2, 0) is 0 Å². The highest BCUT2D eigenvalue weighted by Gasteiger charge is 2.23. The number of hydrogen-bond donors (Lipinski definition) is 0. The monoisotopic (exact) mass is 284 g/mol. The van der Waals surface area contributed by atoms with Crippen LogP contribution in [0.25, 0.3) is 0 Å². The van der Waals surface area contributed by atoms with Crippen LogP contribution in [0, 0.1) is 0 Å². The molecule has 0 saturated carbocycles. The van der Waals surface area contributed by atoms with Gasteiger partial charge in [-0.15, -0.1) is 0 Å². The fraction of sp³-hybridized carbons (Fsp3) is 0.125. The van der Waals surface area contributed by atoms with Gasteiger partial charge in [0.05, 0.1) is 13.5 Å². The zero-order chi connectivity index (χ0) is 14.1. The summed E-state index contributed by atoms with van der Waals surface area (Å²) in [7, 11) is 1.56. The molecule has 2 aromatic carbocycles. The van der Waals surface area contributed by atoms with E-state index in [9.17, 15) is 9.59 Å². The van der Waals surface area contributed by atoms with Gasteiger partial charge in [-0.25, -0.2) is 0 Å². The zero-order valence-corrected chi connectivity index (χ0v) is 11.7. The van der Waals surface area contributed by atoms with Gasteiger partial charge in [-0.1, -0.05) is 30.0 Å². The Morgan fingerprint density at radius 2 is 1.65 bits per heavy atom. The number of fused-ring (bicyclic) bond motifs is 2. The number of ketones is 2. The molecule has 0 atom stereocenters. The molecule has 100 valence electrons. The molecule has 2 aromatic rings. The van der Waals surface area contributed by atoms with Gasteiger partial charge in [0.15, 0.2) is 11.6 Å². The van der Waals surface area contributed by atoms with Crippen LogP contribution in [0.3, 0.4) is 0 Å². The first-order chi connectivity index (χ1) is 9.69. The Labute approximate surface area is 121 Å². The van der Waals surface area contributed by atoms with Gasteiger partial charge < -0.3 is 4.74 Å². The van der Waals surface area contributed by atoms with Crippen LogP contribution < -0.4 is 4.74 Å². The van der Waals surface area contributed by atoms with Crippen LogP contribution in [0.1, 0.15) is 27.1 Å². The maximum Gasteiger partial charge on any atom is 0.171 e. The molecule has 0 aliphatic carbocycles. The number of ether oxygens (including phenoxy) is 1. The van der Waals surface area contributed by atoms with Crippen LogP contribution in [0.5, 0.6) is 5.75 Å². The van der Waals surface area contributed by atoms with Gasteiger partial charge in [-0.2, -0.15) is 0 Å². The lowest BCUT2D eigenvalue weighted by atomic mass is 10.0. The van der Waals surface area contributed by atoms with Gasteiger partial charge >= 0.3 is 0 Å². The average Bonchev–Trinajstić information content (AvgIpc) is 2.46.